The molecule has 2 aliphatic heterocycles. The number of imide groups is 1. The van der Waals surface area contributed by atoms with Crippen LogP contribution in [0.3, 0.4) is 0 Å². The van der Waals surface area contributed by atoms with E-state index in [0.717, 1.165) is 18.0 Å². The van der Waals surface area contributed by atoms with Crippen LogP contribution in [0.4, 0.5) is 22.7 Å². The molecule has 0 aliphatic carbocycles. The quantitative estimate of drug-likeness (QED) is 0.0514. The summed E-state index contributed by atoms with van der Waals surface area (Å²) < 4.78 is 7.52. The van der Waals surface area contributed by atoms with Gasteiger partial charge in [-0.3, -0.25) is 0 Å². The van der Waals surface area contributed by atoms with Gasteiger partial charge in [-0.1, -0.05) is 91.8 Å². The zero-order valence-corrected chi connectivity index (χ0v) is 37.4. The fraction of sp³-hybridized carbons (Fsp3) is 0.378. The number of non-ortho nitro benzene ring substituents is 1. The van der Waals surface area contributed by atoms with Crippen LogP contribution >= 0.6 is 19.4 Å². The van der Waals surface area contributed by atoms with E-state index in [1.54, 1.807) is 29.7 Å². The van der Waals surface area contributed by atoms with E-state index in [-0.39, 0.29) is 16.9 Å². The minimum atomic E-state index is -2.17. The second kappa shape index (κ2) is 19.1. The molecule has 57 heavy (non-hydrogen) atoms. The molecule has 0 N–H and O–H groups in total. The van der Waals surface area contributed by atoms with Crippen molar-refractivity contribution >= 4 is 58.6 Å². The maximum atomic E-state index is 13.1. The molecule has 0 aromatic heterocycles. The molecule has 0 spiro atoms. The maximum absolute atomic E-state index is 13.1. The number of halogens is 2. The van der Waals surface area contributed by atoms with Gasteiger partial charge in [0, 0.05) is 24.5 Å². The number of nitrogens with zero attached hydrogens (tertiary/aromatic N) is 4. The Bertz CT molecular complexity index is 2010. The number of nitro benzene ring substituents is 1. The molecule has 306 valence electrons. The number of hydrogen-bond acceptors (Lipinski definition) is 7. The van der Waals surface area contributed by atoms with E-state index in [0.29, 0.717) is 41.4 Å². The van der Waals surface area contributed by atoms with Gasteiger partial charge in [-0.15, -0.1) is 0 Å². The molecule has 6 rings (SSSR count). The molecule has 0 radical (unpaired) electrons. The van der Waals surface area contributed by atoms with Gasteiger partial charge in [-0.25, -0.2) is 0 Å². The number of amides is 2. The summed E-state index contributed by atoms with van der Waals surface area (Å²) in [4.78, 5) is 42.3. The molecule has 1 atom stereocenters. The Kier molecular flexibility index (Phi) is 14.7. The summed E-state index contributed by atoms with van der Waals surface area (Å²) in [7, 11) is 12.0. The molecular weight excluding hydrogens is 848 g/mol. The van der Waals surface area contributed by atoms with Crippen molar-refractivity contribution in [1.82, 2.24) is 0 Å². The number of carbonyl (C=O) groups excluding carboxylic acids is 2. The van der Waals surface area contributed by atoms with E-state index in [2.05, 4.69) is 108 Å². The third kappa shape index (κ3) is 9.79. The van der Waals surface area contributed by atoms with Crippen LogP contribution in [0.5, 0.6) is 5.75 Å². The average molecular weight is 902 g/mol. The molecule has 1 saturated heterocycles. The second-order valence-corrected chi connectivity index (χ2v) is 21.2. The summed E-state index contributed by atoms with van der Waals surface area (Å²) in [5.74, 6) is 1.33. The number of carbonyl (C=O) groups is 2. The zero-order valence-electron chi connectivity index (χ0n) is 34.1. The Labute approximate surface area is 350 Å². The molecule has 4 aromatic carbocycles. The van der Waals surface area contributed by atoms with Crippen molar-refractivity contribution in [2.45, 2.75) is 98.5 Å². The topological polar surface area (TPSA) is 96.2 Å². The van der Waals surface area contributed by atoms with Gasteiger partial charge in [0.05, 0.1) is 0 Å². The first kappa shape index (κ1) is 44.0. The number of ether oxygens (including phenoxy) is 1. The van der Waals surface area contributed by atoms with Crippen LogP contribution in [-0.4, -0.2) is 40.5 Å². The fourth-order valence-corrected chi connectivity index (χ4v) is 9.10. The number of hydrogen-bond donors (Lipinski definition) is 0. The molecule has 9 nitrogen and oxygen atoms in total. The van der Waals surface area contributed by atoms with Crippen molar-refractivity contribution in [3.63, 3.8) is 0 Å². The van der Waals surface area contributed by atoms with Crippen LogP contribution in [0.1, 0.15) is 131 Å². The molecule has 1 unspecified atom stereocenters. The standard InChI is InChI=1S/C27H39N2.C18H14N2O5.2ClH.Ru/c1-18(2)22-11-9-12-23(19(3)4)26(22)28-15-16-29(17-28)27-24(20(5)6)13-10-14-25(27)21(7)8;1-3-15-18(22)19(14-6-4-5-11(2)16(14)25-15)17(21)12-7-9-13(10-8-12)20(23)24;;;/h9-14,17-21H,15-16H2,1-8H3;2,4-10,15H,3H2,1H3;2*1H;/q-1;;;;+2/p-2. The van der Waals surface area contributed by atoms with Crippen LogP contribution in [0.25, 0.3) is 0 Å². The molecule has 1 fully saturated rings. The molecular formula is C45H53Cl2N4O5Ru-. The summed E-state index contributed by atoms with van der Waals surface area (Å²) in [5, 5.41) is 10.8. The monoisotopic (exact) mass is 901 g/mol. The normalized spacial score (nSPS) is 15.5. The van der Waals surface area contributed by atoms with Crippen LogP contribution in [0.2, 0.25) is 0 Å². The van der Waals surface area contributed by atoms with Gasteiger partial charge in [-0.05, 0) is 45.9 Å². The van der Waals surface area contributed by atoms with Gasteiger partial charge in [0.15, 0.2) is 0 Å². The van der Waals surface area contributed by atoms with Crippen LogP contribution < -0.4 is 19.4 Å². The van der Waals surface area contributed by atoms with E-state index in [9.17, 15) is 19.7 Å². The predicted molar refractivity (Wildman–Crippen MR) is 231 cm³/mol. The number of nitro groups is 1. The SMILES string of the molecule is CC(C)c1cccc(C(C)C)c1N1[CH-]N(c2c(C(C)C)cccc2C(C)C)CC1.CCC1Oc2c([CH]=[Ru]([Cl])[Cl])cccc2N(C(=O)c2ccc([N+](=O)[O-])cc2)C1=O. The van der Waals surface area contributed by atoms with Crippen molar-refractivity contribution in [3.8, 4) is 5.75 Å². The molecule has 0 bridgehead atoms. The number of rotatable bonds is 10. The fourth-order valence-electron chi connectivity index (χ4n) is 7.31. The molecule has 2 amide bonds. The zero-order chi connectivity index (χ0) is 41.7. The third-order valence-corrected chi connectivity index (χ3v) is 12.1. The van der Waals surface area contributed by atoms with Crippen LogP contribution in [0, 0.1) is 16.8 Å². The van der Waals surface area contributed by atoms with Crippen molar-refractivity contribution in [3.05, 3.63) is 129 Å². The van der Waals surface area contributed by atoms with E-state index < -0.39 is 36.4 Å². The third-order valence-electron chi connectivity index (χ3n) is 10.2. The van der Waals surface area contributed by atoms with E-state index in [1.807, 2.05) is 0 Å². The molecule has 2 heterocycles. The van der Waals surface area contributed by atoms with Gasteiger partial charge < -0.3 is 9.80 Å². The number of benzene rings is 4. The molecule has 12 heteroatoms. The summed E-state index contributed by atoms with van der Waals surface area (Å²) >= 11 is -2.17. The number of anilines is 3. The van der Waals surface area contributed by atoms with Gasteiger partial charge in [0.2, 0.25) is 0 Å². The van der Waals surface area contributed by atoms with E-state index >= 15 is 0 Å². The van der Waals surface area contributed by atoms with Crippen molar-refractivity contribution in [2.75, 3.05) is 27.8 Å². The van der Waals surface area contributed by atoms with E-state index in [4.69, 9.17) is 24.1 Å². The first-order valence-corrected chi connectivity index (χ1v) is 24.9. The summed E-state index contributed by atoms with van der Waals surface area (Å²) in [5.41, 5.74) is 9.58. The summed E-state index contributed by atoms with van der Waals surface area (Å²) in [6, 6.07) is 23.8. The first-order valence-electron chi connectivity index (χ1n) is 19.4. The van der Waals surface area contributed by atoms with Gasteiger partial charge in [0.25, 0.3) is 0 Å². The van der Waals surface area contributed by atoms with E-state index in [1.165, 1.54) is 57.9 Å². The average Bonchev–Trinajstić information content (AvgIpc) is 3.66. The molecule has 2 aliphatic rings. The minimum absolute atomic E-state index is 0.144. The van der Waals surface area contributed by atoms with Crippen molar-refractivity contribution in [2.24, 2.45) is 0 Å². The van der Waals surface area contributed by atoms with Gasteiger partial charge >= 0.3 is 174 Å². The Morgan fingerprint density at radius 3 is 1.67 bits per heavy atom. The Morgan fingerprint density at radius 2 is 1.26 bits per heavy atom. The van der Waals surface area contributed by atoms with Gasteiger partial charge in [-0.2, -0.15) is 6.67 Å². The predicted octanol–water partition coefficient (Wildman–Crippen LogP) is 11.6. The second-order valence-electron chi connectivity index (χ2n) is 15.5. The Balaban J connectivity index is 0.000000218. The summed E-state index contributed by atoms with van der Waals surface area (Å²) in [6.07, 6.45) is -0.477. The molecule has 0 saturated carbocycles. The van der Waals surface area contributed by atoms with Crippen molar-refractivity contribution in [1.29, 1.82) is 0 Å². The van der Waals surface area contributed by atoms with Crippen LogP contribution in [0.15, 0.2) is 78.9 Å². The van der Waals surface area contributed by atoms with Crippen LogP contribution in [-0.2, 0) is 18.3 Å². The first-order chi connectivity index (χ1) is 27.0. The van der Waals surface area contributed by atoms with Crippen molar-refractivity contribution < 1.29 is 32.8 Å². The molecule has 4 aromatic rings. The number of para-hydroxylation sites is 3. The Hall–Kier alpha value is -4.11. The van der Waals surface area contributed by atoms with Gasteiger partial charge in [0.1, 0.15) is 0 Å². The summed E-state index contributed by atoms with van der Waals surface area (Å²) in [6.45, 7) is 24.7. The number of fused-ring (bicyclic) bond motifs is 1. The Morgan fingerprint density at radius 1 is 0.807 bits per heavy atom.